The number of anilines is 1. The maximum Gasteiger partial charge on any atom is 0.252 e. The van der Waals surface area contributed by atoms with E-state index in [4.69, 9.17) is 0 Å². The van der Waals surface area contributed by atoms with Crippen molar-refractivity contribution in [3.05, 3.63) is 82.7 Å². The van der Waals surface area contributed by atoms with Gasteiger partial charge in [0.15, 0.2) is 0 Å². The summed E-state index contributed by atoms with van der Waals surface area (Å²) < 4.78 is 0. The Hall–Kier alpha value is -3.47. The number of aromatic nitrogens is 1. The van der Waals surface area contributed by atoms with Crippen LogP contribution < -0.4 is 10.6 Å². The highest BCUT2D eigenvalue weighted by Gasteiger charge is 2.13. The van der Waals surface area contributed by atoms with Gasteiger partial charge in [-0.3, -0.25) is 4.79 Å². The molecule has 1 aliphatic rings. The Morgan fingerprint density at radius 3 is 2.80 bits per heavy atom. The molecular weight excluding hydrogens is 374 g/mol. The van der Waals surface area contributed by atoms with Crippen LogP contribution in [0.15, 0.2) is 71.6 Å². The zero-order valence-electron chi connectivity index (χ0n) is 17.4. The minimum absolute atomic E-state index is 0.181. The molecule has 0 unspecified atom stereocenters. The molecule has 1 aromatic carbocycles. The zero-order chi connectivity index (χ0) is 21.3. The summed E-state index contributed by atoms with van der Waals surface area (Å²) in [6.07, 6.45) is 9.76. The van der Waals surface area contributed by atoms with Crippen molar-refractivity contribution in [3.63, 3.8) is 0 Å². The number of hydrogen-bond acceptors (Lipinski definition) is 4. The average Bonchev–Trinajstić information content (AvgIpc) is 2.76. The molecule has 5 nitrogen and oxygen atoms in total. The molecule has 0 saturated carbocycles. The van der Waals surface area contributed by atoms with Crippen molar-refractivity contribution in [1.82, 2.24) is 10.3 Å². The zero-order valence-corrected chi connectivity index (χ0v) is 17.4. The Morgan fingerprint density at radius 2 is 2.03 bits per heavy atom. The van der Waals surface area contributed by atoms with E-state index >= 15 is 0 Å². The van der Waals surface area contributed by atoms with Crippen LogP contribution in [0.5, 0.6) is 0 Å². The van der Waals surface area contributed by atoms with Gasteiger partial charge in [0.25, 0.3) is 5.91 Å². The smallest absolute Gasteiger partial charge is 0.252 e. The number of pyridine rings is 1. The number of nitrogens with zero attached hydrogens (tertiary/aromatic N) is 1. The van der Waals surface area contributed by atoms with Gasteiger partial charge >= 0.3 is 0 Å². The fourth-order valence-electron chi connectivity index (χ4n) is 3.27. The fourth-order valence-corrected chi connectivity index (χ4v) is 3.27. The van der Waals surface area contributed by atoms with Gasteiger partial charge in [0, 0.05) is 35.1 Å². The Morgan fingerprint density at radius 1 is 1.23 bits per heavy atom. The summed E-state index contributed by atoms with van der Waals surface area (Å²) in [6, 6.07) is 13.5. The first kappa shape index (κ1) is 21.2. The van der Waals surface area contributed by atoms with E-state index in [1.54, 1.807) is 13.1 Å². The van der Waals surface area contributed by atoms with E-state index in [0.29, 0.717) is 17.8 Å². The molecule has 30 heavy (non-hydrogen) atoms. The second-order valence-electron chi connectivity index (χ2n) is 7.39. The molecule has 0 spiro atoms. The van der Waals surface area contributed by atoms with Gasteiger partial charge in [-0.2, -0.15) is 0 Å². The number of nitrogens with one attached hydrogen (secondary N) is 2. The maximum absolute atomic E-state index is 12.6. The summed E-state index contributed by atoms with van der Waals surface area (Å²) in [5.41, 5.74) is 6.00. The lowest BCUT2D eigenvalue weighted by molar-refractivity contribution is -0.112. The van der Waals surface area contributed by atoms with E-state index in [2.05, 4.69) is 28.6 Å². The standard InChI is InChI=1S/C25H27N3O2/c1-18-11-12-23(27-22(18)10-6-7-15-29)21-13-14-26-24(17-21)28-25(30)19(2)16-20-8-4-3-5-9-20/h3-5,8-9,12-17,27H,6-7,10-11H2,1-2H3,(H,26,28,30)/b19-16+. The molecule has 0 saturated heterocycles. The quantitative estimate of drug-likeness (QED) is 0.367. The number of allylic oxidation sites excluding steroid dienone is 3. The highest BCUT2D eigenvalue weighted by molar-refractivity contribution is 6.05. The largest absolute Gasteiger partial charge is 0.359 e. The maximum atomic E-state index is 12.6. The van der Waals surface area contributed by atoms with E-state index in [1.807, 2.05) is 48.5 Å². The number of unbranched alkanes of at least 4 members (excludes halogenated alkanes) is 1. The first-order valence-corrected chi connectivity index (χ1v) is 10.2. The van der Waals surface area contributed by atoms with Crippen molar-refractivity contribution in [2.45, 2.75) is 39.5 Å². The Labute approximate surface area is 177 Å². The predicted molar refractivity (Wildman–Crippen MR) is 121 cm³/mol. The van der Waals surface area contributed by atoms with Crippen molar-refractivity contribution in [2.75, 3.05) is 5.32 Å². The van der Waals surface area contributed by atoms with Crippen LogP contribution in [0.1, 0.15) is 50.7 Å². The van der Waals surface area contributed by atoms with E-state index in [1.165, 1.54) is 11.3 Å². The second kappa shape index (κ2) is 10.3. The number of dihydropyridines is 1. The number of hydrogen-bond donors (Lipinski definition) is 2. The summed E-state index contributed by atoms with van der Waals surface area (Å²) in [4.78, 5) is 27.5. The summed E-state index contributed by atoms with van der Waals surface area (Å²) in [7, 11) is 0. The molecule has 0 atom stereocenters. The van der Waals surface area contributed by atoms with Crippen molar-refractivity contribution in [3.8, 4) is 0 Å². The van der Waals surface area contributed by atoms with Crippen molar-refractivity contribution >= 4 is 29.8 Å². The van der Waals surface area contributed by atoms with E-state index in [0.717, 1.165) is 42.4 Å². The monoisotopic (exact) mass is 401 g/mol. The highest BCUT2D eigenvalue weighted by atomic mass is 16.1. The predicted octanol–water partition coefficient (Wildman–Crippen LogP) is 5.10. The first-order valence-electron chi connectivity index (χ1n) is 10.2. The molecule has 0 bridgehead atoms. The van der Waals surface area contributed by atoms with Gasteiger partial charge < -0.3 is 15.4 Å². The molecular formula is C25H27N3O2. The van der Waals surface area contributed by atoms with E-state index in [9.17, 15) is 9.59 Å². The second-order valence-corrected chi connectivity index (χ2v) is 7.39. The van der Waals surface area contributed by atoms with Crippen LogP contribution in [-0.2, 0) is 9.59 Å². The van der Waals surface area contributed by atoms with Crippen LogP contribution in [0.3, 0.4) is 0 Å². The summed E-state index contributed by atoms with van der Waals surface area (Å²) >= 11 is 0. The SMILES string of the molecule is CC1=C(CCCC=O)NC(c2ccnc(NC(=O)/C(C)=C/c3ccccc3)c2)=CC1. The number of aldehydes is 1. The minimum Gasteiger partial charge on any atom is -0.359 e. The molecule has 0 aliphatic carbocycles. The number of carbonyl (C=O) groups is 2. The minimum atomic E-state index is -0.181. The van der Waals surface area contributed by atoms with Crippen LogP contribution in [-0.4, -0.2) is 17.2 Å². The van der Waals surface area contributed by atoms with Gasteiger partial charge in [0.05, 0.1) is 0 Å². The van der Waals surface area contributed by atoms with Crippen LogP contribution in [0.4, 0.5) is 5.82 Å². The topological polar surface area (TPSA) is 71.1 Å². The summed E-state index contributed by atoms with van der Waals surface area (Å²) in [5.74, 6) is 0.328. The molecule has 3 rings (SSSR count). The lowest BCUT2D eigenvalue weighted by atomic mass is 10.0. The van der Waals surface area contributed by atoms with Gasteiger partial charge in [0.1, 0.15) is 12.1 Å². The molecule has 2 heterocycles. The Bertz CT molecular complexity index is 1000. The highest BCUT2D eigenvalue weighted by Crippen LogP contribution is 2.25. The molecule has 0 fully saturated rings. The number of amides is 1. The number of carbonyl (C=O) groups excluding carboxylic acids is 2. The number of rotatable bonds is 8. The van der Waals surface area contributed by atoms with Crippen LogP contribution in [0.25, 0.3) is 11.8 Å². The molecule has 2 aromatic rings. The van der Waals surface area contributed by atoms with Gasteiger partial charge in [-0.05, 0) is 56.9 Å². The van der Waals surface area contributed by atoms with Crippen molar-refractivity contribution in [2.24, 2.45) is 0 Å². The summed E-state index contributed by atoms with van der Waals surface area (Å²) in [5, 5.41) is 6.37. The van der Waals surface area contributed by atoms with Gasteiger partial charge in [-0.1, -0.05) is 42.0 Å². The lowest BCUT2D eigenvalue weighted by Crippen LogP contribution is -2.18. The summed E-state index contributed by atoms with van der Waals surface area (Å²) in [6.45, 7) is 3.90. The lowest BCUT2D eigenvalue weighted by Gasteiger charge is -2.22. The third kappa shape index (κ3) is 5.77. The van der Waals surface area contributed by atoms with Gasteiger partial charge in [0.2, 0.25) is 0 Å². The van der Waals surface area contributed by atoms with Crippen LogP contribution in [0, 0.1) is 0 Å². The van der Waals surface area contributed by atoms with E-state index in [-0.39, 0.29) is 5.91 Å². The molecule has 5 heteroatoms. The van der Waals surface area contributed by atoms with Crippen molar-refractivity contribution < 1.29 is 9.59 Å². The van der Waals surface area contributed by atoms with Crippen molar-refractivity contribution in [1.29, 1.82) is 0 Å². The Balaban J connectivity index is 1.68. The fraction of sp³-hybridized carbons (Fsp3) is 0.240. The van der Waals surface area contributed by atoms with E-state index < -0.39 is 0 Å². The molecule has 1 aromatic heterocycles. The van der Waals surface area contributed by atoms with Crippen LogP contribution >= 0.6 is 0 Å². The Kier molecular flexibility index (Phi) is 7.33. The molecule has 154 valence electrons. The number of benzene rings is 1. The third-order valence-corrected chi connectivity index (χ3v) is 5.02. The first-order chi connectivity index (χ1) is 14.6. The molecule has 1 aliphatic heterocycles. The van der Waals surface area contributed by atoms with Gasteiger partial charge in [-0.15, -0.1) is 0 Å². The van der Waals surface area contributed by atoms with Gasteiger partial charge in [-0.25, -0.2) is 4.98 Å². The molecule has 0 radical (unpaired) electrons. The van der Waals surface area contributed by atoms with Crippen LogP contribution in [0.2, 0.25) is 0 Å². The molecule has 2 N–H and O–H groups in total. The molecule has 1 amide bonds. The average molecular weight is 402 g/mol. The normalized spacial score (nSPS) is 14.1. The third-order valence-electron chi connectivity index (χ3n) is 5.02.